The maximum absolute atomic E-state index is 13.3. The van der Waals surface area contributed by atoms with E-state index in [9.17, 15) is 9.59 Å². The number of aromatic amines is 1. The summed E-state index contributed by atoms with van der Waals surface area (Å²) in [6.07, 6.45) is 2.86. The number of halogens is 3. The summed E-state index contributed by atoms with van der Waals surface area (Å²) >= 11 is 15.8. The largest absolute Gasteiger partial charge is 0.495 e. The smallest absolute Gasteiger partial charge is 0.260 e. The zero-order valence-corrected chi connectivity index (χ0v) is 19.9. The molecule has 7 heteroatoms. The van der Waals surface area contributed by atoms with Crippen molar-refractivity contribution in [2.75, 3.05) is 7.11 Å². The van der Waals surface area contributed by atoms with Crippen molar-refractivity contribution in [2.24, 2.45) is 0 Å². The lowest BCUT2D eigenvalue weighted by atomic mass is 9.94. The Morgan fingerprint density at radius 2 is 1.81 bits per heavy atom. The molecule has 0 fully saturated rings. The zero-order chi connectivity index (χ0) is 22.8. The third-order valence-electron chi connectivity index (χ3n) is 4.94. The van der Waals surface area contributed by atoms with Gasteiger partial charge in [0.2, 0.25) is 0 Å². The van der Waals surface area contributed by atoms with Crippen LogP contribution in [0.2, 0.25) is 10.0 Å². The van der Waals surface area contributed by atoms with E-state index in [2.05, 4.69) is 20.9 Å². The molecule has 0 spiro atoms. The third kappa shape index (κ3) is 4.37. The van der Waals surface area contributed by atoms with Crippen molar-refractivity contribution in [3.8, 4) is 16.9 Å². The molecule has 0 atom stereocenters. The minimum Gasteiger partial charge on any atom is -0.495 e. The molecule has 160 valence electrons. The quantitative estimate of drug-likeness (QED) is 0.220. The van der Waals surface area contributed by atoms with E-state index >= 15 is 0 Å². The fraction of sp³-hybridized carbons (Fsp3) is 0.0400. The summed E-state index contributed by atoms with van der Waals surface area (Å²) in [5.74, 6) is -0.0649. The summed E-state index contributed by atoms with van der Waals surface area (Å²) in [6.45, 7) is 0. The van der Waals surface area contributed by atoms with Crippen molar-refractivity contribution >= 4 is 61.9 Å². The van der Waals surface area contributed by atoms with Crippen LogP contribution in [-0.2, 0) is 0 Å². The number of hydrogen-bond donors (Lipinski definition) is 1. The monoisotopic (exact) mass is 527 g/mol. The van der Waals surface area contributed by atoms with E-state index < -0.39 is 11.3 Å². The molecule has 32 heavy (non-hydrogen) atoms. The first kappa shape index (κ1) is 22.3. The fourth-order valence-corrected chi connectivity index (χ4v) is 4.52. The molecule has 0 unspecified atom stereocenters. The number of nitrogens with one attached hydrogen (secondary N) is 1. The number of methoxy groups -OCH3 is 1. The van der Waals surface area contributed by atoms with Gasteiger partial charge in [-0.1, -0.05) is 69.5 Å². The van der Waals surface area contributed by atoms with Gasteiger partial charge in [0.15, 0.2) is 5.78 Å². The SMILES string of the molecule is COc1c(Cl)cc(Cl)cc1/C=C/C(=O)c1c(-c2ccccc2)c2cc(Br)ccc2[nH]c1=O. The molecular weight excluding hydrogens is 513 g/mol. The molecular formula is C25H16BrCl2NO3. The van der Waals surface area contributed by atoms with Crippen molar-refractivity contribution < 1.29 is 9.53 Å². The number of hydrogen-bond acceptors (Lipinski definition) is 3. The first-order valence-corrected chi connectivity index (χ1v) is 11.1. The Morgan fingerprint density at radius 3 is 2.53 bits per heavy atom. The van der Waals surface area contributed by atoms with Crippen LogP contribution in [0.5, 0.6) is 5.75 Å². The number of carbonyl (C=O) groups excluding carboxylic acids is 1. The molecule has 0 radical (unpaired) electrons. The number of H-pyrrole nitrogens is 1. The fourth-order valence-electron chi connectivity index (χ4n) is 3.57. The molecule has 4 rings (SSSR count). The number of benzene rings is 3. The summed E-state index contributed by atoms with van der Waals surface area (Å²) < 4.78 is 6.17. The van der Waals surface area contributed by atoms with Crippen LogP contribution in [0.15, 0.2) is 76.0 Å². The molecule has 0 aliphatic heterocycles. The van der Waals surface area contributed by atoms with Crippen LogP contribution in [-0.4, -0.2) is 17.9 Å². The summed E-state index contributed by atoms with van der Waals surface area (Å²) in [4.78, 5) is 29.1. The highest BCUT2D eigenvalue weighted by molar-refractivity contribution is 9.10. The van der Waals surface area contributed by atoms with Gasteiger partial charge in [0.05, 0.1) is 17.7 Å². The molecule has 1 N–H and O–H groups in total. The predicted molar refractivity (Wildman–Crippen MR) is 134 cm³/mol. The highest BCUT2D eigenvalue weighted by Crippen LogP contribution is 2.34. The van der Waals surface area contributed by atoms with Crippen LogP contribution < -0.4 is 10.3 Å². The van der Waals surface area contributed by atoms with Gasteiger partial charge in [0.1, 0.15) is 5.75 Å². The van der Waals surface area contributed by atoms with Gasteiger partial charge in [0, 0.05) is 31.5 Å². The third-order valence-corrected chi connectivity index (χ3v) is 5.93. The second kappa shape index (κ2) is 9.33. The van der Waals surface area contributed by atoms with Gasteiger partial charge in [-0.25, -0.2) is 0 Å². The van der Waals surface area contributed by atoms with E-state index in [0.29, 0.717) is 32.4 Å². The van der Waals surface area contributed by atoms with Crippen LogP contribution in [0, 0.1) is 0 Å². The number of allylic oxidation sites excluding steroid dienone is 1. The van der Waals surface area contributed by atoms with Crippen LogP contribution in [0.1, 0.15) is 15.9 Å². The Labute approximate surface area is 202 Å². The van der Waals surface area contributed by atoms with E-state index in [1.165, 1.54) is 19.3 Å². The molecule has 0 saturated carbocycles. The lowest BCUT2D eigenvalue weighted by molar-refractivity contribution is 0.104. The number of ether oxygens (including phenoxy) is 1. The summed E-state index contributed by atoms with van der Waals surface area (Å²) in [5, 5.41) is 1.48. The van der Waals surface area contributed by atoms with E-state index in [1.807, 2.05) is 42.5 Å². The number of ketones is 1. The van der Waals surface area contributed by atoms with Crippen molar-refractivity contribution in [1.82, 2.24) is 4.98 Å². The summed E-state index contributed by atoms with van der Waals surface area (Å²) in [5.41, 5.74) is 2.08. The second-order valence-electron chi connectivity index (χ2n) is 6.97. The maximum atomic E-state index is 13.3. The molecule has 1 aromatic heterocycles. The first-order chi connectivity index (χ1) is 15.4. The van der Waals surface area contributed by atoms with Gasteiger partial charge in [-0.2, -0.15) is 0 Å². The lowest BCUT2D eigenvalue weighted by Crippen LogP contribution is -2.18. The van der Waals surface area contributed by atoms with Crippen molar-refractivity contribution in [2.45, 2.75) is 0 Å². The molecule has 0 saturated heterocycles. The number of pyridine rings is 1. The van der Waals surface area contributed by atoms with E-state index in [1.54, 1.807) is 18.2 Å². The Kier molecular flexibility index (Phi) is 6.51. The minimum absolute atomic E-state index is 0.0464. The van der Waals surface area contributed by atoms with E-state index in [0.717, 1.165) is 15.4 Å². The maximum Gasteiger partial charge on any atom is 0.260 e. The van der Waals surface area contributed by atoms with Gasteiger partial charge >= 0.3 is 0 Å². The van der Waals surface area contributed by atoms with Gasteiger partial charge in [-0.15, -0.1) is 0 Å². The molecule has 4 nitrogen and oxygen atoms in total. The highest BCUT2D eigenvalue weighted by Gasteiger charge is 2.19. The highest BCUT2D eigenvalue weighted by atomic mass is 79.9. The standard InChI is InChI=1S/C25H16BrCl2NO3/c1-32-24-15(11-17(27)13-19(24)28)7-10-21(30)23-22(14-5-3-2-4-6-14)18-12-16(26)8-9-20(18)29-25(23)31/h2-13H,1H3,(H,29,31)/b10-7+. The van der Waals surface area contributed by atoms with Crippen molar-refractivity contribution in [3.05, 3.63) is 103 Å². The van der Waals surface area contributed by atoms with Gasteiger partial charge in [-0.3, -0.25) is 9.59 Å². The minimum atomic E-state index is -0.468. The molecule has 4 aromatic rings. The zero-order valence-electron chi connectivity index (χ0n) is 16.8. The van der Waals surface area contributed by atoms with E-state index in [4.69, 9.17) is 27.9 Å². The Morgan fingerprint density at radius 1 is 1.06 bits per heavy atom. The van der Waals surface area contributed by atoms with Crippen LogP contribution in [0.4, 0.5) is 0 Å². The van der Waals surface area contributed by atoms with Gasteiger partial charge in [0.25, 0.3) is 5.56 Å². The normalized spacial score (nSPS) is 11.2. The lowest BCUT2D eigenvalue weighted by Gasteiger charge is -2.12. The molecule has 3 aromatic carbocycles. The van der Waals surface area contributed by atoms with Gasteiger partial charge in [-0.05, 0) is 48.0 Å². The molecule has 0 amide bonds. The Hall–Kier alpha value is -2.86. The molecule has 0 aliphatic rings. The Balaban J connectivity index is 1.92. The van der Waals surface area contributed by atoms with Crippen molar-refractivity contribution in [3.63, 3.8) is 0 Å². The number of carbonyl (C=O) groups is 1. The van der Waals surface area contributed by atoms with Crippen molar-refractivity contribution in [1.29, 1.82) is 0 Å². The Bertz CT molecular complexity index is 1430. The summed E-state index contributed by atoms with van der Waals surface area (Å²) in [7, 11) is 1.48. The molecule has 1 heterocycles. The molecule has 0 bridgehead atoms. The predicted octanol–water partition coefficient (Wildman–Crippen LogP) is 7.17. The number of fused-ring (bicyclic) bond motifs is 1. The van der Waals surface area contributed by atoms with Crippen LogP contribution in [0.25, 0.3) is 28.1 Å². The second-order valence-corrected chi connectivity index (χ2v) is 8.73. The number of aromatic nitrogens is 1. The van der Waals surface area contributed by atoms with Gasteiger partial charge < -0.3 is 9.72 Å². The number of rotatable bonds is 5. The first-order valence-electron chi connectivity index (χ1n) is 9.55. The van der Waals surface area contributed by atoms with Crippen LogP contribution >= 0.6 is 39.1 Å². The summed E-state index contributed by atoms with van der Waals surface area (Å²) in [6, 6.07) is 18.1. The molecule has 0 aliphatic carbocycles. The average Bonchev–Trinajstić information content (AvgIpc) is 2.77. The van der Waals surface area contributed by atoms with E-state index in [-0.39, 0.29) is 5.56 Å². The average molecular weight is 529 g/mol. The topological polar surface area (TPSA) is 59.2 Å². The van der Waals surface area contributed by atoms with Crippen LogP contribution in [0.3, 0.4) is 0 Å².